The first kappa shape index (κ1) is 11.1. The van der Waals surface area contributed by atoms with E-state index < -0.39 is 0 Å². The number of allylic oxidation sites excluding steroid dienone is 10. The normalized spacial score (nSPS) is 16.3. The fraction of sp³-hybridized carbons (Fsp3) is 0.0769. The van der Waals surface area contributed by atoms with Gasteiger partial charge in [-0.3, -0.25) is 9.59 Å². The van der Waals surface area contributed by atoms with Crippen molar-refractivity contribution in [2.45, 2.75) is 6.42 Å². The Morgan fingerprint density at radius 3 is 1.73 bits per heavy atom. The average molecular weight is 200 g/mol. The molecule has 0 aromatic carbocycles. The van der Waals surface area contributed by atoms with E-state index in [1.165, 1.54) is 12.2 Å². The molecule has 0 fully saturated rings. The molecule has 2 heteroatoms. The van der Waals surface area contributed by atoms with E-state index >= 15 is 0 Å². The van der Waals surface area contributed by atoms with E-state index in [1.54, 1.807) is 12.2 Å². The van der Waals surface area contributed by atoms with Crippen LogP contribution in [-0.2, 0) is 9.59 Å². The molecular formula is C13H12O2. The fourth-order valence-corrected chi connectivity index (χ4v) is 1.27. The molecule has 1 rings (SSSR count). The molecule has 2 nitrogen and oxygen atoms in total. The van der Waals surface area contributed by atoms with Crippen molar-refractivity contribution in [2.24, 2.45) is 0 Å². The molecule has 1 aliphatic carbocycles. The van der Waals surface area contributed by atoms with Crippen LogP contribution in [0, 0.1) is 0 Å². The summed E-state index contributed by atoms with van der Waals surface area (Å²) in [5, 5.41) is 0. The van der Waals surface area contributed by atoms with Gasteiger partial charge in [0.05, 0.1) is 0 Å². The third kappa shape index (κ3) is 4.18. The van der Waals surface area contributed by atoms with Gasteiger partial charge >= 0.3 is 0 Å². The molecule has 0 saturated heterocycles. The second-order valence-electron chi connectivity index (χ2n) is 3.04. The first-order valence-electron chi connectivity index (χ1n) is 4.67. The van der Waals surface area contributed by atoms with Crippen molar-refractivity contribution in [3.63, 3.8) is 0 Å². The molecule has 0 amide bonds. The second kappa shape index (κ2) is 6.49. The molecule has 0 saturated carbocycles. The third-order valence-electron chi connectivity index (χ3n) is 1.92. The molecule has 0 aromatic heterocycles. The minimum Gasteiger partial charge on any atom is -0.299 e. The van der Waals surface area contributed by atoms with Crippen LogP contribution in [0.3, 0.4) is 0 Å². The highest BCUT2D eigenvalue weighted by molar-refractivity contribution is 5.67. The Morgan fingerprint density at radius 1 is 0.867 bits per heavy atom. The van der Waals surface area contributed by atoms with Crippen molar-refractivity contribution in [3.05, 3.63) is 59.8 Å². The minimum absolute atomic E-state index is 0.724. The highest BCUT2D eigenvalue weighted by atomic mass is 16.1. The Labute approximate surface area is 89.0 Å². The van der Waals surface area contributed by atoms with Crippen molar-refractivity contribution in [3.8, 4) is 0 Å². The number of carbonyl (C=O) groups is 2. The lowest BCUT2D eigenvalue weighted by Crippen LogP contribution is -1.82. The molecule has 0 heterocycles. The number of hydrogen-bond acceptors (Lipinski definition) is 2. The highest BCUT2D eigenvalue weighted by Gasteiger charge is 1.98. The van der Waals surface area contributed by atoms with E-state index in [-0.39, 0.29) is 0 Å². The summed E-state index contributed by atoms with van der Waals surface area (Å²) in [6.07, 6.45) is 16.4. The molecule has 76 valence electrons. The first-order valence-corrected chi connectivity index (χ1v) is 4.67. The molecule has 0 unspecified atom stereocenters. The molecule has 0 spiro atoms. The van der Waals surface area contributed by atoms with E-state index in [4.69, 9.17) is 0 Å². The summed E-state index contributed by atoms with van der Waals surface area (Å²) in [5.41, 5.74) is 2.08. The van der Waals surface area contributed by atoms with Crippen LogP contribution in [0.15, 0.2) is 59.8 Å². The van der Waals surface area contributed by atoms with Crippen molar-refractivity contribution in [2.75, 3.05) is 0 Å². The van der Waals surface area contributed by atoms with Crippen LogP contribution in [0.25, 0.3) is 0 Å². The van der Waals surface area contributed by atoms with Gasteiger partial charge < -0.3 is 0 Å². The largest absolute Gasteiger partial charge is 0.299 e. The maximum absolute atomic E-state index is 10.2. The molecule has 1 aliphatic rings. The highest BCUT2D eigenvalue weighted by Crippen LogP contribution is 2.16. The molecule has 0 radical (unpaired) electrons. The topological polar surface area (TPSA) is 34.1 Å². The van der Waals surface area contributed by atoms with Crippen LogP contribution < -0.4 is 0 Å². The smallest absolute Gasteiger partial charge is 0.142 e. The zero-order valence-electron chi connectivity index (χ0n) is 8.30. The van der Waals surface area contributed by atoms with Crippen LogP contribution in [0.4, 0.5) is 0 Å². The van der Waals surface area contributed by atoms with Crippen molar-refractivity contribution in [1.82, 2.24) is 0 Å². The maximum atomic E-state index is 10.2. The van der Waals surface area contributed by atoms with Gasteiger partial charge in [-0.25, -0.2) is 0 Å². The molecule has 0 bridgehead atoms. The average Bonchev–Trinajstić information content (AvgIpc) is 2.48. The number of aldehydes is 2. The van der Waals surface area contributed by atoms with Crippen LogP contribution in [0.1, 0.15) is 6.42 Å². The lowest BCUT2D eigenvalue weighted by Gasteiger charge is -1.99. The van der Waals surface area contributed by atoms with Gasteiger partial charge in [0.15, 0.2) is 0 Å². The summed E-state index contributed by atoms with van der Waals surface area (Å²) in [4.78, 5) is 20.4. The molecular weight excluding hydrogens is 188 g/mol. The van der Waals surface area contributed by atoms with Gasteiger partial charge in [0.2, 0.25) is 0 Å². The predicted octanol–water partition coefficient (Wildman–Crippen LogP) is 2.31. The Hall–Kier alpha value is -1.96. The van der Waals surface area contributed by atoms with Gasteiger partial charge in [-0.1, -0.05) is 36.5 Å². The zero-order valence-corrected chi connectivity index (χ0v) is 8.30. The second-order valence-corrected chi connectivity index (χ2v) is 3.04. The number of hydrogen-bond donors (Lipinski definition) is 0. The van der Waals surface area contributed by atoms with Gasteiger partial charge in [0.1, 0.15) is 12.6 Å². The van der Waals surface area contributed by atoms with Gasteiger partial charge in [0.25, 0.3) is 0 Å². The minimum atomic E-state index is 0.724. The summed E-state index contributed by atoms with van der Waals surface area (Å²) in [6.45, 7) is 0. The summed E-state index contributed by atoms with van der Waals surface area (Å²) >= 11 is 0. The standard InChI is InChI=1S/C13H12O2/c14-9-3-7-12-5-1-2-6-13(11-12)8-4-10-15/h1-10H,11H2. The third-order valence-corrected chi connectivity index (χ3v) is 1.92. The Morgan fingerprint density at radius 2 is 1.33 bits per heavy atom. The fourth-order valence-electron chi connectivity index (χ4n) is 1.27. The number of carbonyl (C=O) groups excluding carboxylic acids is 2. The van der Waals surface area contributed by atoms with E-state index in [9.17, 15) is 9.59 Å². The van der Waals surface area contributed by atoms with E-state index in [1.807, 2.05) is 24.3 Å². The van der Waals surface area contributed by atoms with Gasteiger partial charge in [0, 0.05) is 0 Å². The van der Waals surface area contributed by atoms with Crippen LogP contribution in [0.5, 0.6) is 0 Å². The van der Waals surface area contributed by atoms with Gasteiger partial charge in [-0.05, 0) is 29.7 Å². The van der Waals surface area contributed by atoms with Crippen molar-refractivity contribution in [1.29, 1.82) is 0 Å². The molecule has 0 N–H and O–H groups in total. The van der Waals surface area contributed by atoms with E-state index in [0.29, 0.717) is 0 Å². The summed E-state index contributed by atoms with van der Waals surface area (Å²) in [5.74, 6) is 0. The first-order chi connectivity index (χ1) is 7.36. The van der Waals surface area contributed by atoms with Crippen LogP contribution in [0.2, 0.25) is 0 Å². The molecule has 0 atom stereocenters. The number of rotatable bonds is 4. The molecule has 0 aliphatic heterocycles. The quantitative estimate of drug-likeness (QED) is 0.515. The van der Waals surface area contributed by atoms with Gasteiger partial charge in [-0.2, -0.15) is 0 Å². The van der Waals surface area contributed by atoms with Crippen molar-refractivity contribution >= 4 is 12.6 Å². The zero-order chi connectivity index (χ0) is 10.9. The van der Waals surface area contributed by atoms with Crippen molar-refractivity contribution < 1.29 is 9.59 Å². The van der Waals surface area contributed by atoms with Gasteiger partial charge in [-0.15, -0.1) is 0 Å². The van der Waals surface area contributed by atoms with Crippen LogP contribution >= 0.6 is 0 Å². The van der Waals surface area contributed by atoms with E-state index in [2.05, 4.69) is 0 Å². The maximum Gasteiger partial charge on any atom is 0.142 e. The monoisotopic (exact) mass is 200 g/mol. The van der Waals surface area contributed by atoms with E-state index in [0.717, 1.165) is 30.1 Å². The lowest BCUT2D eigenvalue weighted by atomic mass is 10.1. The molecule has 15 heavy (non-hydrogen) atoms. The Kier molecular flexibility index (Phi) is 4.81. The predicted molar refractivity (Wildman–Crippen MR) is 60.3 cm³/mol. The summed E-state index contributed by atoms with van der Waals surface area (Å²) in [7, 11) is 0. The summed E-state index contributed by atoms with van der Waals surface area (Å²) in [6, 6.07) is 0. The Bertz CT molecular complexity index is 343. The lowest BCUT2D eigenvalue weighted by molar-refractivity contribution is -0.104. The molecule has 0 aromatic rings. The SMILES string of the molecule is O=CC=CC1=CC=CC=C(C=CC=O)C1. The van der Waals surface area contributed by atoms with Crippen LogP contribution in [-0.4, -0.2) is 12.6 Å². The summed E-state index contributed by atoms with van der Waals surface area (Å²) < 4.78 is 0. The Balaban J connectivity index is 2.76.